The molecule has 1 atom stereocenters. The Bertz CT molecular complexity index is 336. The van der Waals surface area contributed by atoms with Gasteiger partial charge in [-0.1, -0.05) is 33.6 Å². The highest BCUT2D eigenvalue weighted by molar-refractivity contribution is 9.09. The van der Waals surface area contributed by atoms with Crippen molar-refractivity contribution in [3.63, 3.8) is 0 Å². The van der Waals surface area contributed by atoms with Gasteiger partial charge in [0.05, 0.1) is 10.6 Å². The van der Waals surface area contributed by atoms with Gasteiger partial charge >= 0.3 is 5.97 Å². The van der Waals surface area contributed by atoms with Gasteiger partial charge in [-0.05, 0) is 24.6 Å². The zero-order valence-corrected chi connectivity index (χ0v) is 9.26. The summed E-state index contributed by atoms with van der Waals surface area (Å²) in [6.45, 7) is 1.93. The van der Waals surface area contributed by atoms with Crippen LogP contribution in [-0.4, -0.2) is 11.1 Å². The molecular formula is C9H8BrClO2. The normalized spacial score (nSPS) is 12.5. The van der Waals surface area contributed by atoms with E-state index in [0.29, 0.717) is 0 Å². The second-order valence-electron chi connectivity index (χ2n) is 2.66. The van der Waals surface area contributed by atoms with Crippen LogP contribution in [0.2, 0.25) is 5.02 Å². The number of alkyl halides is 1. The number of aromatic carboxylic acids is 1. The Morgan fingerprint density at radius 1 is 1.62 bits per heavy atom. The quantitative estimate of drug-likeness (QED) is 0.829. The molecule has 13 heavy (non-hydrogen) atoms. The number of benzene rings is 1. The summed E-state index contributed by atoms with van der Waals surface area (Å²) < 4.78 is 0. The molecule has 1 unspecified atom stereocenters. The minimum absolute atomic E-state index is 0.128. The predicted octanol–water partition coefficient (Wildman–Crippen LogP) is 3.49. The third kappa shape index (κ3) is 2.45. The molecule has 0 amide bonds. The molecule has 0 saturated heterocycles. The van der Waals surface area contributed by atoms with E-state index in [-0.39, 0.29) is 15.4 Å². The minimum atomic E-state index is -1.00. The van der Waals surface area contributed by atoms with Crippen molar-refractivity contribution in [2.45, 2.75) is 11.8 Å². The monoisotopic (exact) mass is 262 g/mol. The van der Waals surface area contributed by atoms with Crippen molar-refractivity contribution in [2.75, 3.05) is 0 Å². The number of carbonyl (C=O) groups is 1. The Morgan fingerprint density at radius 3 is 2.69 bits per heavy atom. The predicted molar refractivity (Wildman–Crippen MR) is 55.8 cm³/mol. The molecule has 1 N–H and O–H groups in total. The molecule has 2 nitrogen and oxygen atoms in total. The lowest BCUT2D eigenvalue weighted by Crippen LogP contribution is -1.98. The summed E-state index contributed by atoms with van der Waals surface area (Å²) in [5.74, 6) is -1.00. The van der Waals surface area contributed by atoms with Gasteiger partial charge in [-0.3, -0.25) is 0 Å². The fourth-order valence-electron chi connectivity index (χ4n) is 0.954. The lowest BCUT2D eigenvalue weighted by atomic mass is 10.1. The Balaban J connectivity index is 3.19. The van der Waals surface area contributed by atoms with E-state index >= 15 is 0 Å². The van der Waals surface area contributed by atoms with Gasteiger partial charge in [0.15, 0.2) is 0 Å². The molecule has 0 spiro atoms. The molecule has 0 saturated carbocycles. The van der Waals surface area contributed by atoms with E-state index in [1.54, 1.807) is 18.2 Å². The molecule has 0 radical (unpaired) electrons. The molecule has 1 rings (SSSR count). The van der Waals surface area contributed by atoms with E-state index < -0.39 is 5.97 Å². The van der Waals surface area contributed by atoms with Gasteiger partial charge in [-0.25, -0.2) is 4.79 Å². The molecule has 0 aliphatic heterocycles. The van der Waals surface area contributed by atoms with Crippen molar-refractivity contribution in [1.29, 1.82) is 0 Å². The van der Waals surface area contributed by atoms with Gasteiger partial charge in [0, 0.05) is 4.83 Å². The third-order valence-electron chi connectivity index (χ3n) is 1.68. The van der Waals surface area contributed by atoms with Crippen LogP contribution >= 0.6 is 27.5 Å². The first kappa shape index (κ1) is 10.5. The molecule has 0 aliphatic rings. The van der Waals surface area contributed by atoms with Gasteiger partial charge in [-0.2, -0.15) is 0 Å². The molecule has 1 aromatic rings. The maximum atomic E-state index is 10.7. The average Bonchev–Trinajstić information content (AvgIpc) is 2.04. The topological polar surface area (TPSA) is 37.3 Å². The van der Waals surface area contributed by atoms with E-state index in [1.165, 1.54) is 0 Å². The highest BCUT2D eigenvalue weighted by Gasteiger charge is 2.10. The van der Waals surface area contributed by atoms with E-state index in [1.807, 2.05) is 6.92 Å². The lowest BCUT2D eigenvalue weighted by molar-refractivity contribution is 0.0697. The number of rotatable bonds is 2. The maximum absolute atomic E-state index is 10.7. The van der Waals surface area contributed by atoms with Crippen LogP contribution in [0.25, 0.3) is 0 Å². The molecule has 0 aliphatic carbocycles. The highest BCUT2D eigenvalue weighted by Crippen LogP contribution is 2.26. The first-order valence-electron chi connectivity index (χ1n) is 3.69. The van der Waals surface area contributed by atoms with Crippen molar-refractivity contribution < 1.29 is 9.90 Å². The van der Waals surface area contributed by atoms with Crippen LogP contribution < -0.4 is 0 Å². The Labute approximate surface area is 89.7 Å². The van der Waals surface area contributed by atoms with Crippen LogP contribution in [0.1, 0.15) is 27.7 Å². The summed E-state index contributed by atoms with van der Waals surface area (Å²) in [6.07, 6.45) is 0. The molecule has 4 heteroatoms. The van der Waals surface area contributed by atoms with Crippen molar-refractivity contribution in [3.8, 4) is 0 Å². The van der Waals surface area contributed by atoms with Crippen LogP contribution in [0.5, 0.6) is 0 Å². The highest BCUT2D eigenvalue weighted by atomic mass is 79.9. The number of hydrogen-bond donors (Lipinski definition) is 1. The van der Waals surface area contributed by atoms with E-state index in [4.69, 9.17) is 16.7 Å². The van der Waals surface area contributed by atoms with E-state index in [0.717, 1.165) is 5.56 Å². The van der Waals surface area contributed by atoms with Gasteiger partial charge in [0.1, 0.15) is 0 Å². The largest absolute Gasteiger partial charge is 0.478 e. The summed E-state index contributed by atoms with van der Waals surface area (Å²) in [4.78, 5) is 10.8. The van der Waals surface area contributed by atoms with Gasteiger partial charge in [0.25, 0.3) is 0 Å². The fraction of sp³-hybridized carbons (Fsp3) is 0.222. The van der Waals surface area contributed by atoms with Crippen LogP contribution in [0.3, 0.4) is 0 Å². The molecule has 1 aromatic carbocycles. The van der Waals surface area contributed by atoms with Crippen molar-refractivity contribution in [3.05, 3.63) is 34.3 Å². The molecule has 0 fully saturated rings. The Morgan fingerprint density at radius 2 is 2.23 bits per heavy atom. The number of halogens is 2. The van der Waals surface area contributed by atoms with E-state index in [9.17, 15) is 4.79 Å². The summed E-state index contributed by atoms with van der Waals surface area (Å²) in [5, 5.41) is 9.04. The van der Waals surface area contributed by atoms with Crippen LogP contribution in [0.15, 0.2) is 18.2 Å². The molecule has 0 bridgehead atoms. The van der Waals surface area contributed by atoms with Gasteiger partial charge in [-0.15, -0.1) is 0 Å². The zero-order chi connectivity index (χ0) is 10.0. The molecule has 0 heterocycles. The standard InChI is InChI=1S/C9H8BrClO2/c1-5(10)6-2-3-8(11)7(4-6)9(12)13/h2-5H,1H3,(H,12,13). The number of carboxylic acid groups (broad SMARTS) is 1. The molecule has 70 valence electrons. The molecule has 0 aromatic heterocycles. The van der Waals surface area contributed by atoms with Crippen LogP contribution in [0.4, 0.5) is 0 Å². The van der Waals surface area contributed by atoms with Crippen molar-refractivity contribution >= 4 is 33.5 Å². The summed E-state index contributed by atoms with van der Waals surface area (Å²) in [7, 11) is 0. The summed E-state index contributed by atoms with van der Waals surface area (Å²) >= 11 is 9.05. The summed E-state index contributed by atoms with van der Waals surface area (Å²) in [5.41, 5.74) is 1.05. The van der Waals surface area contributed by atoms with Gasteiger partial charge < -0.3 is 5.11 Å². The minimum Gasteiger partial charge on any atom is -0.478 e. The second-order valence-corrected chi connectivity index (χ2v) is 4.44. The smallest absolute Gasteiger partial charge is 0.337 e. The SMILES string of the molecule is CC(Br)c1ccc(Cl)c(C(=O)O)c1. The van der Waals surface area contributed by atoms with Gasteiger partial charge in [0.2, 0.25) is 0 Å². The average molecular weight is 264 g/mol. The fourth-order valence-corrected chi connectivity index (χ4v) is 1.44. The second kappa shape index (κ2) is 4.11. The first-order chi connectivity index (χ1) is 6.02. The van der Waals surface area contributed by atoms with Crippen LogP contribution in [-0.2, 0) is 0 Å². The lowest BCUT2D eigenvalue weighted by Gasteiger charge is -2.05. The van der Waals surface area contributed by atoms with Crippen molar-refractivity contribution in [1.82, 2.24) is 0 Å². The molecular weight excluding hydrogens is 255 g/mol. The summed E-state index contributed by atoms with van der Waals surface area (Å²) in [6, 6.07) is 4.97. The Kier molecular flexibility index (Phi) is 3.33. The van der Waals surface area contributed by atoms with E-state index in [2.05, 4.69) is 15.9 Å². The number of carboxylic acids is 1. The first-order valence-corrected chi connectivity index (χ1v) is 4.98. The maximum Gasteiger partial charge on any atom is 0.337 e. The van der Waals surface area contributed by atoms with Crippen molar-refractivity contribution in [2.24, 2.45) is 0 Å². The van der Waals surface area contributed by atoms with Crippen LogP contribution in [0, 0.1) is 0 Å². The Hall–Kier alpha value is -0.540. The zero-order valence-electron chi connectivity index (χ0n) is 6.92. The number of hydrogen-bond acceptors (Lipinski definition) is 1. The third-order valence-corrected chi connectivity index (χ3v) is 2.54.